The lowest BCUT2D eigenvalue weighted by Crippen LogP contribution is -2.29. The number of aliphatic hydroxyl groups excluding tert-OH is 2. The second-order valence-corrected chi connectivity index (χ2v) is 14.4. The zero-order chi connectivity index (χ0) is 34.9. The maximum absolute atomic E-state index is 12.4. The Balaban J connectivity index is 3.81. The second kappa shape index (κ2) is 33.5. The maximum Gasteiger partial charge on any atom is 0.472 e. The highest BCUT2D eigenvalue weighted by Gasteiger charge is 2.27. The number of ether oxygens (including phenoxy) is 2. The molecule has 10 nitrogen and oxygen atoms in total. The first-order valence-corrected chi connectivity index (χ1v) is 20.5. The maximum atomic E-state index is 12.4. The molecule has 0 rings (SSSR count). The molecule has 0 aromatic heterocycles. The van der Waals surface area contributed by atoms with E-state index in [1.54, 1.807) is 0 Å². The normalized spacial score (nSPS) is 14.1. The van der Waals surface area contributed by atoms with Crippen molar-refractivity contribution in [2.75, 3.05) is 26.4 Å². The topological polar surface area (TPSA) is 149 Å². The van der Waals surface area contributed by atoms with Crippen molar-refractivity contribution in [3.05, 3.63) is 0 Å². The van der Waals surface area contributed by atoms with E-state index in [1.165, 1.54) is 122 Å². The van der Waals surface area contributed by atoms with E-state index in [2.05, 4.69) is 11.4 Å². The number of phosphoric acid groups is 1. The molecule has 3 atom stereocenters. The monoisotopic (exact) mass is 694 g/mol. The SMILES string of the molecule is CCCCCCCCCCCCCCCCCCCCCCCCCC(=O)OC(COC(=O)CCC)COP(=O)(O)OCC(O)CO. The number of hydrogen-bond acceptors (Lipinski definition) is 9. The Labute approximate surface area is 286 Å². The lowest BCUT2D eigenvalue weighted by Gasteiger charge is -2.20. The molecule has 0 saturated heterocycles. The van der Waals surface area contributed by atoms with Gasteiger partial charge in [0.25, 0.3) is 0 Å². The van der Waals surface area contributed by atoms with Gasteiger partial charge in [0.2, 0.25) is 0 Å². The number of carbonyl (C=O) groups is 2. The van der Waals surface area contributed by atoms with Gasteiger partial charge in [0.05, 0.1) is 19.8 Å². The molecule has 0 aromatic carbocycles. The van der Waals surface area contributed by atoms with Crippen LogP contribution in [0, 0.1) is 0 Å². The summed E-state index contributed by atoms with van der Waals surface area (Å²) in [5, 5.41) is 18.1. The summed E-state index contributed by atoms with van der Waals surface area (Å²) in [5.41, 5.74) is 0. The zero-order valence-corrected chi connectivity index (χ0v) is 30.9. The summed E-state index contributed by atoms with van der Waals surface area (Å²) in [7, 11) is -4.58. The van der Waals surface area contributed by atoms with E-state index >= 15 is 0 Å². The van der Waals surface area contributed by atoms with Gasteiger partial charge in [-0.1, -0.05) is 155 Å². The Morgan fingerprint density at radius 3 is 1.36 bits per heavy atom. The molecule has 0 bridgehead atoms. The van der Waals surface area contributed by atoms with E-state index in [-0.39, 0.29) is 19.4 Å². The van der Waals surface area contributed by atoms with Crippen LogP contribution in [-0.2, 0) is 32.7 Å². The third-order valence-corrected chi connectivity index (χ3v) is 9.18. The lowest BCUT2D eigenvalue weighted by atomic mass is 10.0. The van der Waals surface area contributed by atoms with Crippen molar-refractivity contribution < 1.29 is 47.8 Å². The number of aliphatic hydroxyl groups is 2. The van der Waals surface area contributed by atoms with Gasteiger partial charge in [-0.05, 0) is 12.8 Å². The molecule has 0 aliphatic heterocycles. The summed E-state index contributed by atoms with van der Waals surface area (Å²) >= 11 is 0. The van der Waals surface area contributed by atoms with Gasteiger partial charge in [-0.15, -0.1) is 0 Å². The molecule has 0 radical (unpaired) electrons. The van der Waals surface area contributed by atoms with Crippen molar-refractivity contribution >= 4 is 19.8 Å². The molecule has 0 saturated carbocycles. The number of phosphoric ester groups is 1. The molecule has 3 N–H and O–H groups in total. The van der Waals surface area contributed by atoms with Crippen LogP contribution in [0.15, 0.2) is 0 Å². The molecule has 280 valence electrons. The fourth-order valence-electron chi connectivity index (χ4n) is 5.33. The fraction of sp³-hybridized carbons (Fsp3) is 0.944. The number of rotatable bonds is 36. The van der Waals surface area contributed by atoms with Crippen LogP contribution < -0.4 is 0 Å². The molecular weight excluding hydrogens is 623 g/mol. The van der Waals surface area contributed by atoms with Gasteiger partial charge in [0, 0.05) is 12.8 Å². The molecule has 0 aliphatic rings. The molecular formula is C36H71O10P. The van der Waals surface area contributed by atoms with Crippen molar-refractivity contribution in [1.82, 2.24) is 0 Å². The predicted molar refractivity (Wildman–Crippen MR) is 187 cm³/mol. The van der Waals surface area contributed by atoms with Crippen LogP contribution in [-0.4, -0.2) is 65.7 Å². The number of esters is 2. The molecule has 0 amide bonds. The summed E-state index contributed by atoms with van der Waals surface area (Å²) in [6.45, 7) is 1.99. The van der Waals surface area contributed by atoms with Gasteiger partial charge in [-0.2, -0.15) is 0 Å². The van der Waals surface area contributed by atoms with E-state index in [9.17, 15) is 24.2 Å². The average Bonchev–Trinajstić information content (AvgIpc) is 3.05. The smallest absolute Gasteiger partial charge is 0.462 e. The quantitative estimate of drug-likeness (QED) is 0.0329. The largest absolute Gasteiger partial charge is 0.472 e. The highest BCUT2D eigenvalue weighted by molar-refractivity contribution is 7.47. The van der Waals surface area contributed by atoms with Gasteiger partial charge < -0.3 is 24.6 Å². The second-order valence-electron chi connectivity index (χ2n) is 13.0. The Kier molecular flexibility index (Phi) is 32.7. The summed E-state index contributed by atoms with van der Waals surface area (Å²) in [6.07, 6.45) is 28.4. The molecule has 0 spiro atoms. The molecule has 0 heterocycles. The minimum absolute atomic E-state index is 0.189. The standard InChI is InChI=1S/C36H71O10P/c1-3-5-6-7-8-9-10-11-12-13-14-15-16-17-18-19-20-21-22-23-24-25-26-28-36(40)46-34(31-43-35(39)27-4-2)32-45-47(41,42)44-30-33(38)29-37/h33-34,37-38H,3-32H2,1-2H3,(H,41,42). The van der Waals surface area contributed by atoms with E-state index in [1.807, 2.05) is 6.92 Å². The molecule has 0 fully saturated rings. The molecule has 47 heavy (non-hydrogen) atoms. The third-order valence-electron chi connectivity index (χ3n) is 8.23. The Morgan fingerprint density at radius 2 is 0.957 bits per heavy atom. The zero-order valence-electron chi connectivity index (χ0n) is 30.0. The Morgan fingerprint density at radius 1 is 0.553 bits per heavy atom. The van der Waals surface area contributed by atoms with E-state index in [4.69, 9.17) is 19.1 Å². The highest BCUT2D eigenvalue weighted by atomic mass is 31.2. The van der Waals surface area contributed by atoms with Gasteiger partial charge in [0.1, 0.15) is 12.7 Å². The highest BCUT2D eigenvalue weighted by Crippen LogP contribution is 2.43. The Hall–Kier alpha value is -1.03. The van der Waals surface area contributed by atoms with Gasteiger partial charge in [0.15, 0.2) is 6.10 Å². The molecule has 0 aliphatic carbocycles. The minimum atomic E-state index is -4.58. The summed E-state index contributed by atoms with van der Waals surface area (Å²) in [6, 6.07) is 0. The first kappa shape index (κ1) is 46.0. The number of unbranched alkanes of at least 4 members (excludes halogenated alkanes) is 22. The van der Waals surface area contributed by atoms with Crippen LogP contribution in [0.3, 0.4) is 0 Å². The lowest BCUT2D eigenvalue weighted by molar-refractivity contribution is -0.161. The van der Waals surface area contributed by atoms with E-state index in [0.717, 1.165) is 19.3 Å². The van der Waals surface area contributed by atoms with Crippen molar-refractivity contribution in [3.8, 4) is 0 Å². The molecule has 0 aromatic rings. The van der Waals surface area contributed by atoms with Crippen LogP contribution in [0.4, 0.5) is 0 Å². The summed E-state index contributed by atoms with van der Waals surface area (Å²) in [5.74, 6) is -0.976. The summed E-state index contributed by atoms with van der Waals surface area (Å²) < 4.78 is 31.9. The summed E-state index contributed by atoms with van der Waals surface area (Å²) in [4.78, 5) is 33.9. The van der Waals surface area contributed by atoms with E-state index in [0.29, 0.717) is 12.8 Å². The van der Waals surface area contributed by atoms with Crippen LogP contribution in [0.5, 0.6) is 0 Å². The van der Waals surface area contributed by atoms with Crippen LogP contribution in [0.2, 0.25) is 0 Å². The van der Waals surface area contributed by atoms with Crippen LogP contribution in [0.1, 0.15) is 181 Å². The van der Waals surface area contributed by atoms with Gasteiger partial charge in [-0.3, -0.25) is 18.6 Å². The predicted octanol–water partition coefficient (Wildman–Crippen LogP) is 9.11. The first-order chi connectivity index (χ1) is 22.7. The minimum Gasteiger partial charge on any atom is -0.462 e. The Bertz CT molecular complexity index is 766. The first-order valence-electron chi connectivity index (χ1n) is 19.0. The average molecular weight is 695 g/mol. The fourth-order valence-corrected chi connectivity index (χ4v) is 6.12. The number of hydrogen-bond donors (Lipinski definition) is 3. The van der Waals surface area contributed by atoms with Crippen LogP contribution >= 0.6 is 7.82 Å². The van der Waals surface area contributed by atoms with Crippen molar-refractivity contribution in [3.63, 3.8) is 0 Å². The van der Waals surface area contributed by atoms with Crippen molar-refractivity contribution in [1.29, 1.82) is 0 Å². The molecule has 3 unspecified atom stereocenters. The number of carbonyl (C=O) groups excluding carboxylic acids is 2. The third kappa shape index (κ3) is 33.3. The van der Waals surface area contributed by atoms with E-state index < -0.39 is 51.8 Å². The van der Waals surface area contributed by atoms with Gasteiger partial charge >= 0.3 is 19.8 Å². The van der Waals surface area contributed by atoms with Crippen molar-refractivity contribution in [2.45, 2.75) is 193 Å². The van der Waals surface area contributed by atoms with Crippen molar-refractivity contribution in [2.24, 2.45) is 0 Å². The van der Waals surface area contributed by atoms with Gasteiger partial charge in [-0.25, -0.2) is 4.57 Å². The van der Waals surface area contributed by atoms with Crippen LogP contribution in [0.25, 0.3) is 0 Å². The molecule has 11 heteroatoms.